The minimum atomic E-state index is -0.490. The average Bonchev–Trinajstić information content (AvgIpc) is 2.65. The molecule has 0 bridgehead atoms. The van der Waals surface area contributed by atoms with Crippen LogP contribution in [0.1, 0.15) is 27.7 Å². The Morgan fingerprint density at radius 2 is 2.28 bits per heavy atom. The number of hydrogen-bond acceptors (Lipinski definition) is 5. The van der Waals surface area contributed by atoms with E-state index < -0.39 is 11.9 Å². The SMILES string of the molecule is C=CC(=O)Nc1sc(C(=O)OCC)c(C)c1C#N. The minimum absolute atomic E-state index is 0.256. The Balaban J connectivity index is 3.17. The number of anilines is 1. The predicted molar refractivity (Wildman–Crippen MR) is 68.6 cm³/mol. The van der Waals surface area contributed by atoms with E-state index in [1.54, 1.807) is 13.8 Å². The fourth-order valence-corrected chi connectivity index (χ4v) is 2.34. The maximum Gasteiger partial charge on any atom is 0.348 e. The van der Waals surface area contributed by atoms with Crippen LogP contribution in [0, 0.1) is 18.3 Å². The van der Waals surface area contributed by atoms with E-state index in [0.29, 0.717) is 15.4 Å². The van der Waals surface area contributed by atoms with E-state index in [1.165, 1.54) is 0 Å². The molecule has 0 spiro atoms. The molecular weight excluding hydrogens is 252 g/mol. The second kappa shape index (κ2) is 5.98. The predicted octanol–water partition coefficient (Wildman–Crippen LogP) is 2.23. The molecule has 0 saturated carbocycles. The van der Waals surface area contributed by atoms with Crippen molar-refractivity contribution in [1.82, 2.24) is 0 Å². The molecule has 1 aromatic rings. The molecule has 0 unspecified atom stereocenters. The zero-order chi connectivity index (χ0) is 13.7. The van der Waals surface area contributed by atoms with Crippen LogP contribution in [0.4, 0.5) is 5.00 Å². The molecule has 1 aromatic heterocycles. The summed E-state index contributed by atoms with van der Waals surface area (Å²) >= 11 is 1.03. The van der Waals surface area contributed by atoms with Crippen molar-refractivity contribution in [3.8, 4) is 6.07 Å². The van der Waals surface area contributed by atoms with Crippen molar-refractivity contribution in [2.45, 2.75) is 13.8 Å². The van der Waals surface area contributed by atoms with Crippen LogP contribution in [0.5, 0.6) is 0 Å². The monoisotopic (exact) mass is 264 g/mol. The molecule has 94 valence electrons. The van der Waals surface area contributed by atoms with E-state index in [0.717, 1.165) is 17.4 Å². The van der Waals surface area contributed by atoms with Gasteiger partial charge in [0.15, 0.2) is 0 Å². The molecule has 0 fully saturated rings. The van der Waals surface area contributed by atoms with Gasteiger partial charge in [-0.15, -0.1) is 11.3 Å². The van der Waals surface area contributed by atoms with Gasteiger partial charge in [-0.05, 0) is 25.5 Å². The van der Waals surface area contributed by atoms with Crippen molar-refractivity contribution in [1.29, 1.82) is 5.26 Å². The fourth-order valence-electron chi connectivity index (χ4n) is 1.29. The number of nitrogens with one attached hydrogen (secondary N) is 1. The third kappa shape index (κ3) is 2.76. The molecule has 0 aliphatic rings. The molecule has 1 heterocycles. The van der Waals surface area contributed by atoms with Crippen LogP contribution in [-0.4, -0.2) is 18.5 Å². The van der Waals surface area contributed by atoms with Gasteiger partial charge in [-0.1, -0.05) is 6.58 Å². The van der Waals surface area contributed by atoms with Gasteiger partial charge in [-0.2, -0.15) is 5.26 Å². The van der Waals surface area contributed by atoms with Crippen LogP contribution in [0.15, 0.2) is 12.7 Å². The van der Waals surface area contributed by atoms with E-state index in [1.807, 2.05) is 6.07 Å². The van der Waals surface area contributed by atoms with Crippen molar-refractivity contribution >= 4 is 28.2 Å². The number of esters is 1. The zero-order valence-corrected chi connectivity index (χ0v) is 10.9. The molecule has 6 heteroatoms. The Hall–Kier alpha value is -2.13. The van der Waals surface area contributed by atoms with E-state index in [9.17, 15) is 9.59 Å². The van der Waals surface area contributed by atoms with Crippen molar-refractivity contribution < 1.29 is 14.3 Å². The summed E-state index contributed by atoms with van der Waals surface area (Å²) in [6.07, 6.45) is 1.10. The molecule has 1 amide bonds. The molecule has 0 aliphatic carbocycles. The Bertz CT molecular complexity index is 540. The lowest BCUT2D eigenvalue weighted by molar-refractivity contribution is -0.111. The number of nitrogens with zero attached hydrogens (tertiary/aromatic N) is 1. The van der Waals surface area contributed by atoms with Gasteiger partial charge in [0, 0.05) is 0 Å². The summed E-state index contributed by atoms with van der Waals surface area (Å²) in [5.74, 6) is -0.918. The number of carbonyl (C=O) groups is 2. The van der Waals surface area contributed by atoms with Gasteiger partial charge in [-0.3, -0.25) is 4.79 Å². The molecule has 18 heavy (non-hydrogen) atoms. The summed E-state index contributed by atoms with van der Waals surface area (Å²) in [5.41, 5.74) is 0.790. The van der Waals surface area contributed by atoms with Crippen LogP contribution in [0.2, 0.25) is 0 Å². The van der Waals surface area contributed by atoms with Gasteiger partial charge in [0.2, 0.25) is 5.91 Å². The van der Waals surface area contributed by atoms with Gasteiger partial charge in [-0.25, -0.2) is 4.79 Å². The molecule has 0 aromatic carbocycles. The van der Waals surface area contributed by atoms with Crippen LogP contribution < -0.4 is 5.32 Å². The van der Waals surface area contributed by atoms with Crippen molar-refractivity contribution in [2.24, 2.45) is 0 Å². The second-order valence-corrected chi connectivity index (χ2v) is 4.31. The molecule has 1 N–H and O–H groups in total. The summed E-state index contributed by atoms with van der Waals surface area (Å²) in [6, 6.07) is 1.96. The smallest absolute Gasteiger partial charge is 0.348 e. The van der Waals surface area contributed by atoms with E-state index in [2.05, 4.69) is 11.9 Å². The molecule has 5 nitrogen and oxygen atoms in total. The Morgan fingerprint density at radius 1 is 1.61 bits per heavy atom. The topological polar surface area (TPSA) is 79.2 Å². The first kappa shape index (κ1) is 13.9. The third-order valence-electron chi connectivity index (χ3n) is 2.14. The maximum atomic E-state index is 11.6. The largest absolute Gasteiger partial charge is 0.462 e. The zero-order valence-electron chi connectivity index (χ0n) is 10.1. The number of hydrogen-bond donors (Lipinski definition) is 1. The highest BCUT2D eigenvalue weighted by Crippen LogP contribution is 2.32. The molecule has 0 atom stereocenters. The molecule has 0 saturated heterocycles. The Labute approximate surface area is 109 Å². The van der Waals surface area contributed by atoms with Crippen LogP contribution in [0.3, 0.4) is 0 Å². The number of thiophene rings is 1. The number of amides is 1. The summed E-state index contributed by atoms with van der Waals surface area (Å²) < 4.78 is 4.88. The quantitative estimate of drug-likeness (QED) is 0.668. The molecule has 0 aliphatic heterocycles. The van der Waals surface area contributed by atoms with Gasteiger partial charge < -0.3 is 10.1 Å². The standard InChI is InChI=1S/C12H12N2O3S/c1-4-9(15)14-11-8(6-13)7(3)10(18-11)12(16)17-5-2/h4H,1,5H2,2-3H3,(H,14,15). The normalized spacial score (nSPS) is 9.39. The first-order valence-corrected chi connectivity index (χ1v) is 6.00. The lowest BCUT2D eigenvalue weighted by atomic mass is 10.2. The third-order valence-corrected chi connectivity index (χ3v) is 3.33. The first-order valence-electron chi connectivity index (χ1n) is 5.19. The summed E-state index contributed by atoms with van der Waals surface area (Å²) in [5, 5.41) is 11.9. The van der Waals surface area contributed by atoms with Crippen LogP contribution in [0.25, 0.3) is 0 Å². The van der Waals surface area contributed by atoms with Crippen LogP contribution in [-0.2, 0) is 9.53 Å². The van der Waals surface area contributed by atoms with Gasteiger partial charge in [0.25, 0.3) is 0 Å². The van der Waals surface area contributed by atoms with Crippen molar-refractivity contribution in [2.75, 3.05) is 11.9 Å². The number of carbonyl (C=O) groups excluding carboxylic acids is 2. The summed E-state index contributed by atoms with van der Waals surface area (Å²) in [6.45, 7) is 6.93. The highest BCUT2D eigenvalue weighted by atomic mass is 32.1. The lowest BCUT2D eigenvalue weighted by Crippen LogP contribution is -2.06. The molecule has 1 rings (SSSR count). The van der Waals surface area contributed by atoms with Crippen molar-refractivity contribution in [3.63, 3.8) is 0 Å². The summed E-state index contributed by atoms with van der Waals surface area (Å²) in [7, 11) is 0. The fraction of sp³-hybridized carbons (Fsp3) is 0.250. The Morgan fingerprint density at radius 3 is 2.78 bits per heavy atom. The van der Waals surface area contributed by atoms with Crippen LogP contribution >= 0.6 is 11.3 Å². The Kier molecular flexibility index (Phi) is 4.63. The highest BCUT2D eigenvalue weighted by molar-refractivity contribution is 7.18. The van der Waals surface area contributed by atoms with E-state index in [-0.39, 0.29) is 12.2 Å². The number of rotatable bonds is 4. The van der Waals surface area contributed by atoms with E-state index in [4.69, 9.17) is 10.00 Å². The number of nitriles is 1. The van der Waals surface area contributed by atoms with Gasteiger partial charge in [0.1, 0.15) is 15.9 Å². The van der Waals surface area contributed by atoms with Gasteiger partial charge >= 0.3 is 5.97 Å². The molecule has 0 radical (unpaired) electrons. The molecular formula is C12H12N2O3S. The first-order chi connectivity index (χ1) is 8.54. The maximum absolute atomic E-state index is 11.6. The minimum Gasteiger partial charge on any atom is -0.462 e. The van der Waals surface area contributed by atoms with Gasteiger partial charge in [0.05, 0.1) is 12.2 Å². The van der Waals surface area contributed by atoms with Crippen molar-refractivity contribution in [3.05, 3.63) is 28.7 Å². The van der Waals surface area contributed by atoms with E-state index >= 15 is 0 Å². The average molecular weight is 264 g/mol. The highest BCUT2D eigenvalue weighted by Gasteiger charge is 2.21. The number of ether oxygens (including phenoxy) is 1. The lowest BCUT2D eigenvalue weighted by Gasteiger charge is -1.98. The summed E-state index contributed by atoms with van der Waals surface area (Å²) in [4.78, 5) is 23.2. The second-order valence-electron chi connectivity index (χ2n) is 3.29.